The highest BCUT2D eigenvalue weighted by Gasteiger charge is 2.40. The Morgan fingerprint density at radius 1 is 1.33 bits per heavy atom. The summed E-state index contributed by atoms with van der Waals surface area (Å²) in [6.07, 6.45) is 6.59. The highest BCUT2D eigenvalue weighted by atomic mass is 16.1. The van der Waals surface area contributed by atoms with Crippen LogP contribution < -0.4 is 11.1 Å². The molecule has 0 aromatic rings. The molecule has 3 nitrogen and oxygen atoms in total. The van der Waals surface area contributed by atoms with Crippen LogP contribution in [-0.2, 0) is 4.79 Å². The minimum Gasteiger partial charge on any atom is -0.353 e. The summed E-state index contributed by atoms with van der Waals surface area (Å²) in [4.78, 5) is 12.0. The molecule has 0 saturated heterocycles. The fraction of sp³-hybridized carbons (Fsp3) is 0.933. The molecule has 1 amide bonds. The van der Waals surface area contributed by atoms with Crippen LogP contribution in [0, 0.1) is 17.3 Å². The van der Waals surface area contributed by atoms with Crippen molar-refractivity contribution in [1.82, 2.24) is 5.32 Å². The van der Waals surface area contributed by atoms with Gasteiger partial charge < -0.3 is 11.1 Å². The van der Waals surface area contributed by atoms with E-state index < -0.39 is 0 Å². The van der Waals surface area contributed by atoms with Gasteiger partial charge in [-0.3, -0.25) is 4.79 Å². The minimum absolute atomic E-state index is 0.0106. The summed E-state index contributed by atoms with van der Waals surface area (Å²) in [7, 11) is 0. The molecular formula is C15H28N2O. The second-order valence-corrected chi connectivity index (χ2v) is 7.58. The number of fused-ring (bicyclic) bond motifs is 2. The predicted octanol–water partition coefficient (Wildman–Crippen LogP) is 2.44. The van der Waals surface area contributed by atoms with Crippen molar-refractivity contribution < 1.29 is 4.79 Å². The SMILES string of the molecule is CC(C)(C)CC(N)CC(=O)NC1CC2CCC1C2. The van der Waals surface area contributed by atoms with E-state index in [9.17, 15) is 4.79 Å². The number of rotatable bonds is 4. The molecule has 2 bridgehead atoms. The first-order chi connectivity index (χ1) is 8.33. The summed E-state index contributed by atoms with van der Waals surface area (Å²) in [5, 5.41) is 3.21. The van der Waals surface area contributed by atoms with E-state index in [1.165, 1.54) is 25.7 Å². The number of nitrogens with one attached hydrogen (secondary N) is 1. The molecule has 0 aromatic heterocycles. The predicted molar refractivity (Wildman–Crippen MR) is 74.0 cm³/mol. The average Bonchev–Trinajstić information content (AvgIpc) is 2.74. The molecular weight excluding hydrogens is 224 g/mol. The van der Waals surface area contributed by atoms with Crippen LogP contribution in [0.1, 0.15) is 59.3 Å². The summed E-state index contributed by atoms with van der Waals surface area (Å²) in [5.74, 6) is 1.78. The zero-order valence-electron chi connectivity index (χ0n) is 12.0. The Bertz CT molecular complexity index is 308. The van der Waals surface area contributed by atoms with Gasteiger partial charge in [0.15, 0.2) is 0 Å². The number of nitrogens with two attached hydrogens (primary N) is 1. The number of carbonyl (C=O) groups is 1. The van der Waals surface area contributed by atoms with E-state index in [-0.39, 0.29) is 17.4 Å². The molecule has 3 N–H and O–H groups in total. The summed E-state index contributed by atoms with van der Waals surface area (Å²) in [5.41, 5.74) is 6.25. The topological polar surface area (TPSA) is 55.1 Å². The van der Waals surface area contributed by atoms with Crippen LogP contribution in [0.4, 0.5) is 0 Å². The lowest BCUT2D eigenvalue weighted by Crippen LogP contribution is -2.41. The summed E-state index contributed by atoms with van der Waals surface area (Å²) in [6, 6.07) is 0.432. The van der Waals surface area contributed by atoms with Gasteiger partial charge in [0.2, 0.25) is 5.91 Å². The standard InChI is InChI=1S/C15H28N2O/c1-15(2,3)9-12(16)8-14(18)17-13-7-10-4-5-11(13)6-10/h10-13H,4-9,16H2,1-3H3,(H,17,18). The van der Waals surface area contributed by atoms with Gasteiger partial charge in [0.25, 0.3) is 0 Å². The van der Waals surface area contributed by atoms with Crippen molar-refractivity contribution in [2.45, 2.75) is 71.4 Å². The Balaban J connectivity index is 1.72. The van der Waals surface area contributed by atoms with Gasteiger partial charge >= 0.3 is 0 Å². The van der Waals surface area contributed by atoms with Gasteiger partial charge in [-0.1, -0.05) is 27.2 Å². The van der Waals surface area contributed by atoms with Gasteiger partial charge in [0.05, 0.1) is 0 Å². The smallest absolute Gasteiger partial charge is 0.221 e. The molecule has 18 heavy (non-hydrogen) atoms. The Morgan fingerprint density at radius 2 is 2.06 bits per heavy atom. The minimum atomic E-state index is -0.0106. The summed E-state index contributed by atoms with van der Waals surface area (Å²) < 4.78 is 0. The van der Waals surface area contributed by atoms with Gasteiger partial charge in [-0.05, 0) is 42.9 Å². The van der Waals surface area contributed by atoms with E-state index in [0.29, 0.717) is 12.5 Å². The first kappa shape index (κ1) is 13.9. The Morgan fingerprint density at radius 3 is 2.56 bits per heavy atom. The summed E-state index contributed by atoms with van der Waals surface area (Å²) >= 11 is 0. The molecule has 0 aromatic carbocycles. The molecule has 2 rings (SSSR count). The van der Waals surface area contributed by atoms with Crippen LogP contribution in [0.3, 0.4) is 0 Å². The fourth-order valence-electron chi connectivity index (χ4n) is 3.78. The second kappa shape index (κ2) is 5.20. The van der Waals surface area contributed by atoms with Crippen LogP contribution in [-0.4, -0.2) is 18.0 Å². The lowest BCUT2D eigenvalue weighted by molar-refractivity contribution is -0.122. The molecule has 4 atom stereocenters. The third kappa shape index (κ3) is 3.71. The van der Waals surface area contributed by atoms with Crippen molar-refractivity contribution in [3.05, 3.63) is 0 Å². The van der Waals surface area contributed by atoms with E-state index in [2.05, 4.69) is 26.1 Å². The zero-order chi connectivity index (χ0) is 13.3. The van der Waals surface area contributed by atoms with Gasteiger partial charge in [0.1, 0.15) is 0 Å². The first-order valence-electron chi connectivity index (χ1n) is 7.38. The van der Waals surface area contributed by atoms with Gasteiger partial charge in [-0.25, -0.2) is 0 Å². The zero-order valence-corrected chi connectivity index (χ0v) is 12.0. The molecule has 2 saturated carbocycles. The normalized spacial score (nSPS) is 32.6. The van der Waals surface area contributed by atoms with Crippen LogP contribution in [0.5, 0.6) is 0 Å². The number of amides is 1. The molecule has 104 valence electrons. The van der Waals surface area contributed by atoms with Crippen LogP contribution >= 0.6 is 0 Å². The third-order valence-electron chi connectivity index (χ3n) is 4.41. The number of hydrogen-bond acceptors (Lipinski definition) is 2. The van der Waals surface area contributed by atoms with Gasteiger partial charge in [0, 0.05) is 18.5 Å². The van der Waals surface area contributed by atoms with Crippen LogP contribution in [0.25, 0.3) is 0 Å². The first-order valence-corrected chi connectivity index (χ1v) is 7.38. The molecule has 0 heterocycles. The molecule has 2 fully saturated rings. The van der Waals surface area contributed by atoms with E-state index in [4.69, 9.17) is 5.73 Å². The van der Waals surface area contributed by atoms with E-state index >= 15 is 0 Å². The van der Waals surface area contributed by atoms with Crippen molar-refractivity contribution in [2.75, 3.05) is 0 Å². The molecule has 2 aliphatic carbocycles. The van der Waals surface area contributed by atoms with Gasteiger partial charge in [-0.15, -0.1) is 0 Å². The Kier molecular flexibility index (Phi) is 4.00. The fourth-order valence-corrected chi connectivity index (χ4v) is 3.78. The van der Waals surface area contributed by atoms with E-state index in [1.54, 1.807) is 0 Å². The maximum atomic E-state index is 12.0. The molecule has 0 aliphatic heterocycles. The lowest BCUT2D eigenvalue weighted by Gasteiger charge is -2.25. The van der Waals surface area contributed by atoms with Crippen molar-refractivity contribution in [3.8, 4) is 0 Å². The van der Waals surface area contributed by atoms with Crippen molar-refractivity contribution >= 4 is 5.91 Å². The second-order valence-electron chi connectivity index (χ2n) is 7.58. The largest absolute Gasteiger partial charge is 0.353 e. The molecule has 2 aliphatic rings. The van der Waals surface area contributed by atoms with Crippen molar-refractivity contribution in [2.24, 2.45) is 23.0 Å². The maximum Gasteiger partial charge on any atom is 0.221 e. The van der Waals surface area contributed by atoms with E-state index in [1.807, 2.05) is 0 Å². The average molecular weight is 252 g/mol. The monoisotopic (exact) mass is 252 g/mol. The number of hydrogen-bond donors (Lipinski definition) is 2. The molecule has 0 radical (unpaired) electrons. The lowest BCUT2D eigenvalue weighted by atomic mass is 9.87. The quantitative estimate of drug-likeness (QED) is 0.807. The highest BCUT2D eigenvalue weighted by molar-refractivity contribution is 5.77. The molecule has 3 heteroatoms. The van der Waals surface area contributed by atoms with Crippen molar-refractivity contribution in [1.29, 1.82) is 0 Å². The van der Waals surface area contributed by atoms with Gasteiger partial charge in [-0.2, -0.15) is 0 Å². The molecule has 0 spiro atoms. The Hall–Kier alpha value is -0.570. The van der Waals surface area contributed by atoms with E-state index in [0.717, 1.165) is 18.3 Å². The maximum absolute atomic E-state index is 12.0. The Labute approximate surface area is 111 Å². The summed E-state index contributed by atoms with van der Waals surface area (Å²) in [6.45, 7) is 6.50. The third-order valence-corrected chi connectivity index (χ3v) is 4.41. The van der Waals surface area contributed by atoms with Crippen LogP contribution in [0.15, 0.2) is 0 Å². The van der Waals surface area contributed by atoms with Crippen LogP contribution in [0.2, 0.25) is 0 Å². The van der Waals surface area contributed by atoms with Crippen molar-refractivity contribution in [3.63, 3.8) is 0 Å². The highest BCUT2D eigenvalue weighted by Crippen LogP contribution is 2.44. The molecule has 4 unspecified atom stereocenters. The number of carbonyl (C=O) groups excluding carboxylic acids is 1.